The van der Waals surface area contributed by atoms with Gasteiger partial charge in [-0.15, -0.1) is 35.3 Å². The number of thiophene rings is 1. The first-order chi connectivity index (χ1) is 11.6. The van der Waals surface area contributed by atoms with Crippen molar-refractivity contribution in [3.8, 4) is 0 Å². The molecule has 3 rings (SSSR count). The Hall–Kier alpha value is -0.380. The van der Waals surface area contributed by atoms with Gasteiger partial charge in [0.15, 0.2) is 5.96 Å². The molecule has 2 fully saturated rings. The summed E-state index contributed by atoms with van der Waals surface area (Å²) < 4.78 is 6.00. The molecule has 3 unspecified atom stereocenters. The van der Waals surface area contributed by atoms with Crippen LogP contribution in [0.2, 0.25) is 0 Å². The first kappa shape index (κ1) is 20.9. The smallest absolute Gasteiger partial charge is 0.191 e. The van der Waals surface area contributed by atoms with Crippen molar-refractivity contribution in [2.75, 3.05) is 33.3 Å². The summed E-state index contributed by atoms with van der Waals surface area (Å²) in [7, 11) is 1.83. The van der Waals surface area contributed by atoms with Crippen LogP contribution in [-0.2, 0) is 11.2 Å². The number of guanidine groups is 1. The Bertz CT molecular complexity index is 565. The van der Waals surface area contributed by atoms with Crippen LogP contribution in [0.1, 0.15) is 29.5 Å². The van der Waals surface area contributed by atoms with E-state index in [9.17, 15) is 0 Å². The maximum absolute atomic E-state index is 6.00. The predicted molar refractivity (Wildman–Crippen MR) is 116 cm³/mol. The van der Waals surface area contributed by atoms with Gasteiger partial charge in [0, 0.05) is 48.4 Å². The molecule has 7 heteroatoms. The monoisotopic (exact) mass is 478 g/mol. The lowest BCUT2D eigenvalue weighted by Crippen LogP contribution is -2.52. The maximum Gasteiger partial charge on any atom is 0.191 e. The Labute approximate surface area is 172 Å². The van der Waals surface area contributed by atoms with Gasteiger partial charge in [0.2, 0.25) is 0 Å². The molecule has 2 saturated heterocycles. The van der Waals surface area contributed by atoms with Crippen molar-refractivity contribution in [2.24, 2.45) is 4.99 Å². The number of hydrogen-bond donors (Lipinski definition) is 2. The van der Waals surface area contributed by atoms with Gasteiger partial charge in [-0.1, -0.05) is 0 Å². The molecule has 0 bridgehead atoms. The van der Waals surface area contributed by atoms with Gasteiger partial charge in [-0.2, -0.15) is 0 Å². The molecule has 3 atom stereocenters. The fourth-order valence-electron chi connectivity index (χ4n) is 3.60. The van der Waals surface area contributed by atoms with Crippen molar-refractivity contribution >= 4 is 41.3 Å². The quantitative estimate of drug-likeness (QED) is 0.388. The molecule has 0 aromatic carbocycles. The molecular formula is C18H31IN4OS. The van der Waals surface area contributed by atoms with Gasteiger partial charge in [-0.05, 0) is 45.4 Å². The van der Waals surface area contributed by atoms with Crippen LogP contribution in [-0.4, -0.2) is 62.3 Å². The van der Waals surface area contributed by atoms with Gasteiger partial charge in [0.1, 0.15) is 0 Å². The van der Waals surface area contributed by atoms with Crippen molar-refractivity contribution in [2.45, 2.75) is 51.3 Å². The molecule has 0 aliphatic carbocycles. The summed E-state index contributed by atoms with van der Waals surface area (Å²) in [5, 5.41) is 6.92. The molecule has 0 spiro atoms. The van der Waals surface area contributed by atoms with E-state index >= 15 is 0 Å². The fraction of sp³-hybridized carbons (Fsp3) is 0.722. The summed E-state index contributed by atoms with van der Waals surface area (Å²) >= 11 is 1.87. The zero-order valence-corrected chi connectivity index (χ0v) is 18.6. The van der Waals surface area contributed by atoms with E-state index in [0.717, 1.165) is 32.1 Å². The number of hydrogen-bond acceptors (Lipinski definition) is 4. The number of ether oxygens (including phenoxy) is 1. The molecule has 25 heavy (non-hydrogen) atoms. The van der Waals surface area contributed by atoms with Crippen LogP contribution in [0.4, 0.5) is 0 Å². The third kappa shape index (κ3) is 6.08. The first-order valence-corrected chi connectivity index (χ1v) is 9.84. The second-order valence-electron chi connectivity index (χ2n) is 6.96. The Balaban J connectivity index is 0.00000225. The Morgan fingerprint density at radius 3 is 3.04 bits per heavy atom. The molecule has 2 N–H and O–H groups in total. The predicted octanol–water partition coefficient (Wildman–Crippen LogP) is 2.63. The molecular weight excluding hydrogens is 447 g/mol. The van der Waals surface area contributed by atoms with Crippen LogP contribution in [0.15, 0.2) is 17.1 Å². The van der Waals surface area contributed by atoms with Crippen molar-refractivity contribution in [1.29, 1.82) is 0 Å². The van der Waals surface area contributed by atoms with Gasteiger partial charge in [-0.25, -0.2) is 0 Å². The summed E-state index contributed by atoms with van der Waals surface area (Å²) in [6, 6.07) is 5.42. The third-order valence-electron chi connectivity index (χ3n) is 4.87. The first-order valence-electron chi connectivity index (χ1n) is 9.02. The summed E-state index contributed by atoms with van der Waals surface area (Å²) in [6.45, 7) is 8.32. The SMILES string of the molecule is CN=C(NCC1CN2CCCC2CO1)NC(C)Cc1ccc(C)s1.I. The van der Waals surface area contributed by atoms with Gasteiger partial charge in [-0.3, -0.25) is 9.89 Å². The number of halogens is 1. The molecule has 1 aromatic heterocycles. The zero-order chi connectivity index (χ0) is 16.9. The average Bonchev–Trinajstić information content (AvgIpc) is 3.19. The minimum atomic E-state index is 0. The highest BCUT2D eigenvalue weighted by Crippen LogP contribution is 2.22. The number of morpholine rings is 1. The topological polar surface area (TPSA) is 48.9 Å². The lowest BCUT2D eigenvalue weighted by atomic mass is 10.2. The highest BCUT2D eigenvalue weighted by atomic mass is 127. The highest BCUT2D eigenvalue weighted by molar-refractivity contribution is 14.0. The number of rotatable bonds is 5. The number of aliphatic imine (C=N–C) groups is 1. The van der Waals surface area contributed by atoms with Crippen LogP contribution < -0.4 is 10.6 Å². The van der Waals surface area contributed by atoms with Crippen LogP contribution in [0, 0.1) is 6.92 Å². The third-order valence-corrected chi connectivity index (χ3v) is 5.89. The van der Waals surface area contributed by atoms with Crippen molar-refractivity contribution in [3.05, 3.63) is 21.9 Å². The largest absolute Gasteiger partial charge is 0.373 e. The summed E-state index contributed by atoms with van der Waals surface area (Å²) in [5.74, 6) is 0.864. The Kier molecular flexibility index (Phi) is 8.44. The molecule has 3 heterocycles. The summed E-state index contributed by atoms with van der Waals surface area (Å²) in [4.78, 5) is 9.72. The van der Waals surface area contributed by atoms with Crippen LogP contribution in [0.3, 0.4) is 0 Å². The van der Waals surface area contributed by atoms with Gasteiger partial charge in [0.05, 0.1) is 12.7 Å². The minimum absolute atomic E-state index is 0. The summed E-state index contributed by atoms with van der Waals surface area (Å²) in [5.41, 5.74) is 0. The Morgan fingerprint density at radius 2 is 2.32 bits per heavy atom. The molecule has 142 valence electrons. The number of aryl methyl sites for hydroxylation is 1. The molecule has 0 radical (unpaired) electrons. The molecule has 0 amide bonds. The van der Waals surface area contributed by atoms with E-state index in [0.29, 0.717) is 12.1 Å². The molecule has 5 nitrogen and oxygen atoms in total. The van der Waals surface area contributed by atoms with Gasteiger partial charge < -0.3 is 15.4 Å². The van der Waals surface area contributed by atoms with E-state index in [1.807, 2.05) is 18.4 Å². The molecule has 0 saturated carbocycles. The second-order valence-corrected chi connectivity index (χ2v) is 8.33. The van der Waals surface area contributed by atoms with Gasteiger partial charge in [0.25, 0.3) is 0 Å². The van der Waals surface area contributed by atoms with Crippen molar-refractivity contribution in [3.63, 3.8) is 0 Å². The van der Waals surface area contributed by atoms with E-state index in [-0.39, 0.29) is 30.1 Å². The molecule has 1 aromatic rings. The number of nitrogens with zero attached hydrogens (tertiary/aromatic N) is 2. The van der Waals surface area contributed by atoms with Crippen LogP contribution in [0.25, 0.3) is 0 Å². The second kappa shape index (κ2) is 10.1. The van der Waals surface area contributed by atoms with Crippen LogP contribution >= 0.6 is 35.3 Å². The molecule has 2 aliphatic rings. The average molecular weight is 478 g/mol. The molecule has 2 aliphatic heterocycles. The maximum atomic E-state index is 6.00. The number of nitrogens with one attached hydrogen (secondary N) is 2. The van der Waals surface area contributed by atoms with Crippen LogP contribution in [0.5, 0.6) is 0 Å². The standard InChI is InChI=1S/C18H30N4OS.HI/c1-13(9-17-7-6-14(2)24-17)21-18(19-3)20-10-16-11-22-8-4-5-15(22)12-23-16;/h6-7,13,15-16H,4-5,8-12H2,1-3H3,(H2,19,20,21);1H. The fourth-order valence-corrected chi connectivity index (χ4v) is 4.61. The minimum Gasteiger partial charge on any atom is -0.373 e. The van der Waals surface area contributed by atoms with Gasteiger partial charge >= 0.3 is 0 Å². The lowest BCUT2D eigenvalue weighted by Gasteiger charge is -2.35. The van der Waals surface area contributed by atoms with E-state index in [1.54, 1.807) is 0 Å². The van der Waals surface area contributed by atoms with Crippen molar-refractivity contribution in [1.82, 2.24) is 15.5 Å². The zero-order valence-electron chi connectivity index (χ0n) is 15.5. The Morgan fingerprint density at radius 1 is 1.48 bits per heavy atom. The highest BCUT2D eigenvalue weighted by Gasteiger charge is 2.32. The van der Waals surface area contributed by atoms with E-state index in [4.69, 9.17) is 4.74 Å². The van der Waals surface area contributed by atoms with Crippen molar-refractivity contribution < 1.29 is 4.74 Å². The number of fused-ring (bicyclic) bond motifs is 1. The lowest BCUT2D eigenvalue weighted by molar-refractivity contribution is -0.0453. The normalized spacial score (nSPS) is 25.2. The van der Waals surface area contributed by atoms with E-state index in [1.165, 1.54) is 29.1 Å². The van der Waals surface area contributed by atoms with E-state index in [2.05, 4.69) is 46.5 Å². The summed E-state index contributed by atoms with van der Waals surface area (Å²) in [6.07, 6.45) is 3.89. The van der Waals surface area contributed by atoms with E-state index < -0.39 is 0 Å².